The van der Waals surface area contributed by atoms with Gasteiger partial charge in [0.15, 0.2) is 0 Å². The molecule has 18 heavy (non-hydrogen) atoms. The first kappa shape index (κ1) is 12.9. The van der Waals surface area contributed by atoms with E-state index in [1.165, 1.54) is 0 Å². The predicted octanol–water partition coefficient (Wildman–Crippen LogP) is 3.41. The molecule has 3 N–H and O–H groups in total. The van der Waals surface area contributed by atoms with Crippen LogP contribution in [0.1, 0.15) is 6.92 Å². The molecule has 0 unspecified atom stereocenters. The highest BCUT2D eigenvalue weighted by atomic mass is 127. The third kappa shape index (κ3) is 3.04. The molecular formula is C13H14IN3O. The zero-order chi connectivity index (χ0) is 13.0. The van der Waals surface area contributed by atoms with Crippen LogP contribution in [0.5, 0.6) is 5.88 Å². The summed E-state index contributed by atoms with van der Waals surface area (Å²) in [5.41, 5.74) is 7.34. The standard InChI is InChI=1S/C13H14IN3O/c1-2-18-13-10(15)7-8-12(17-13)16-11-6-4-3-5-9(11)14/h3-8H,2,15H2,1H3,(H,16,17). The molecule has 1 aromatic heterocycles. The average Bonchev–Trinajstić information content (AvgIpc) is 2.36. The number of nitrogen functional groups attached to an aromatic ring is 1. The Labute approximate surface area is 120 Å². The topological polar surface area (TPSA) is 60.2 Å². The Hall–Kier alpha value is -1.50. The van der Waals surface area contributed by atoms with Gasteiger partial charge in [-0.1, -0.05) is 12.1 Å². The minimum absolute atomic E-state index is 0.466. The van der Waals surface area contributed by atoms with Gasteiger partial charge in [-0.05, 0) is 53.8 Å². The lowest BCUT2D eigenvalue weighted by Crippen LogP contribution is -2.02. The number of rotatable bonds is 4. The van der Waals surface area contributed by atoms with E-state index in [0.717, 1.165) is 15.1 Å². The highest BCUT2D eigenvalue weighted by molar-refractivity contribution is 14.1. The Morgan fingerprint density at radius 1 is 1.28 bits per heavy atom. The number of ether oxygens (including phenoxy) is 1. The summed E-state index contributed by atoms with van der Waals surface area (Å²) >= 11 is 2.27. The number of hydrogen-bond donors (Lipinski definition) is 2. The number of aromatic nitrogens is 1. The van der Waals surface area contributed by atoms with Gasteiger partial charge in [0.05, 0.1) is 18.0 Å². The summed E-state index contributed by atoms with van der Waals surface area (Å²) in [6, 6.07) is 11.6. The Bertz CT molecular complexity index is 546. The van der Waals surface area contributed by atoms with E-state index in [1.807, 2.05) is 37.3 Å². The van der Waals surface area contributed by atoms with Crippen molar-refractivity contribution < 1.29 is 4.74 Å². The first-order valence-corrected chi connectivity index (χ1v) is 6.69. The lowest BCUT2D eigenvalue weighted by atomic mass is 10.3. The molecule has 2 aromatic rings. The highest BCUT2D eigenvalue weighted by Gasteiger charge is 2.05. The van der Waals surface area contributed by atoms with Gasteiger partial charge in [-0.15, -0.1) is 0 Å². The van der Waals surface area contributed by atoms with Gasteiger partial charge < -0.3 is 15.8 Å². The summed E-state index contributed by atoms with van der Waals surface area (Å²) in [5, 5.41) is 3.24. The number of benzene rings is 1. The third-order valence-corrected chi connectivity index (χ3v) is 3.25. The molecule has 1 heterocycles. The average molecular weight is 355 g/mol. The van der Waals surface area contributed by atoms with Crippen molar-refractivity contribution in [3.8, 4) is 5.88 Å². The first-order chi connectivity index (χ1) is 8.70. The van der Waals surface area contributed by atoms with E-state index in [2.05, 4.69) is 32.9 Å². The lowest BCUT2D eigenvalue weighted by molar-refractivity contribution is 0.329. The van der Waals surface area contributed by atoms with Gasteiger partial charge in [0.25, 0.3) is 0 Å². The number of nitrogens with two attached hydrogens (primary N) is 1. The van der Waals surface area contributed by atoms with Crippen LogP contribution in [0.4, 0.5) is 17.2 Å². The maximum absolute atomic E-state index is 5.78. The van der Waals surface area contributed by atoms with Crippen molar-refractivity contribution in [2.45, 2.75) is 6.92 Å². The molecule has 0 bridgehead atoms. The molecule has 5 heteroatoms. The van der Waals surface area contributed by atoms with Crippen LogP contribution in [0.25, 0.3) is 0 Å². The number of halogens is 1. The zero-order valence-electron chi connectivity index (χ0n) is 9.98. The quantitative estimate of drug-likeness (QED) is 0.826. The van der Waals surface area contributed by atoms with E-state index in [4.69, 9.17) is 10.5 Å². The number of anilines is 3. The second-order valence-corrected chi connectivity index (χ2v) is 4.79. The second-order valence-electron chi connectivity index (χ2n) is 3.63. The third-order valence-electron chi connectivity index (χ3n) is 2.31. The number of hydrogen-bond acceptors (Lipinski definition) is 4. The normalized spacial score (nSPS) is 10.1. The van der Waals surface area contributed by atoms with Gasteiger partial charge in [0.2, 0.25) is 5.88 Å². The van der Waals surface area contributed by atoms with Crippen LogP contribution in [0, 0.1) is 3.57 Å². The molecule has 4 nitrogen and oxygen atoms in total. The molecular weight excluding hydrogens is 341 g/mol. The smallest absolute Gasteiger partial charge is 0.239 e. The van der Waals surface area contributed by atoms with Crippen molar-refractivity contribution in [3.63, 3.8) is 0 Å². The molecule has 0 atom stereocenters. The Balaban J connectivity index is 2.24. The monoisotopic (exact) mass is 355 g/mol. The molecule has 1 aromatic carbocycles. The summed E-state index contributed by atoms with van der Waals surface area (Å²) in [7, 11) is 0. The van der Waals surface area contributed by atoms with E-state index in [9.17, 15) is 0 Å². The lowest BCUT2D eigenvalue weighted by Gasteiger charge is -2.10. The molecule has 0 fully saturated rings. The van der Waals surface area contributed by atoms with Crippen molar-refractivity contribution >= 4 is 39.8 Å². The van der Waals surface area contributed by atoms with Crippen LogP contribution in [0.2, 0.25) is 0 Å². The minimum atomic E-state index is 0.466. The molecule has 0 aliphatic carbocycles. The maximum atomic E-state index is 5.78. The Morgan fingerprint density at radius 3 is 2.78 bits per heavy atom. The summed E-state index contributed by atoms with van der Waals surface area (Å²) in [5.74, 6) is 1.19. The number of pyridine rings is 1. The summed E-state index contributed by atoms with van der Waals surface area (Å²) in [6.07, 6.45) is 0. The molecule has 2 rings (SSSR count). The van der Waals surface area contributed by atoms with Gasteiger partial charge in [0, 0.05) is 3.57 Å². The molecule has 0 aliphatic heterocycles. The Kier molecular flexibility index (Phi) is 4.24. The number of nitrogens with one attached hydrogen (secondary N) is 1. The van der Waals surface area contributed by atoms with Crippen LogP contribution >= 0.6 is 22.6 Å². The second kappa shape index (κ2) is 5.90. The predicted molar refractivity (Wildman–Crippen MR) is 82.3 cm³/mol. The van der Waals surface area contributed by atoms with Crippen molar-refractivity contribution in [1.29, 1.82) is 0 Å². The van der Waals surface area contributed by atoms with E-state index < -0.39 is 0 Å². The molecule has 0 spiro atoms. The molecule has 0 amide bonds. The van der Waals surface area contributed by atoms with Gasteiger partial charge in [-0.3, -0.25) is 0 Å². The van der Waals surface area contributed by atoms with Gasteiger partial charge in [0.1, 0.15) is 5.82 Å². The number of nitrogens with zero attached hydrogens (tertiary/aromatic N) is 1. The van der Waals surface area contributed by atoms with Gasteiger partial charge in [-0.25, -0.2) is 0 Å². The van der Waals surface area contributed by atoms with Crippen molar-refractivity contribution in [1.82, 2.24) is 4.98 Å². The summed E-state index contributed by atoms with van der Waals surface area (Å²) in [6.45, 7) is 2.45. The van der Waals surface area contributed by atoms with E-state index >= 15 is 0 Å². The minimum Gasteiger partial charge on any atom is -0.476 e. The molecule has 0 saturated carbocycles. The molecule has 94 valence electrons. The zero-order valence-corrected chi connectivity index (χ0v) is 12.1. The summed E-state index contributed by atoms with van der Waals surface area (Å²) < 4.78 is 6.50. The van der Waals surface area contributed by atoms with Gasteiger partial charge >= 0.3 is 0 Å². The fourth-order valence-electron chi connectivity index (χ4n) is 1.47. The van der Waals surface area contributed by atoms with Crippen molar-refractivity contribution in [3.05, 3.63) is 40.0 Å². The Morgan fingerprint density at radius 2 is 2.06 bits per heavy atom. The van der Waals surface area contributed by atoms with Crippen molar-refractivity contribution in [2.24, 2.45) is 0 Å². The van der Waals surface area contributed by atoms with E-state index in [1.54, 1.807) is 6.07 Å². The van der Waals surface area contributed by atoms with Crippen LogP contribution in [-0.2, 0) is 0 Å². The largest absolute Gasteiger partial charge is 0.476 e. The fraction of sp³-hybridized carbons (Fsp3) is 0.154. The number of para-hydroxylation sites is 1. The van der Waals surface area contributed by atoms with Crippen LogP contribution in [-0.4, -0.2) is 11.6 Å². The van der Waals surface area contributed by atoms with Gasteiger partial charge in [-0.2, -0.15) is 4.98 Å². The molecule has 0 saturated heterocycles. The van der Waals surface area contributed by atoms with E-state index in [0.29, 0.717) is 18.2 Å². The van der Waals surface area contributed by atoms with Crippen LogP contribution in [0.3, 0.4) is 0 Å². The molecule has 0 radical (unpaired) electrons. The van der Waals surface area contributed by atoms with Crippen molar-refractivity contribution in [2.75, 3.05) is 17.7 Å². The van der Waals surface area contributed by atoms with Crippen LogP contribution in [0.15, 0.2) is 36.4 Å². The molecule has 0 aliphatic rings. The maximum Gasteiger partial charge on any atom is 0.239 e. The summed E-state index contributed by atoms with van der Waals surface area (Å²) in [4.78, 5) is 4.34. The fourth-order valence-corrected chi connectivity index (χ4v) is 2.00. The highest BCUT2D eigenvalue weighted by Crippen LogP contribution is 2.25. The van der Waals surface area contributed by atoms with E-state index in [-0.39, 0.29) is 0 Å². The SMILES string of the molecule is CCOc1nc(Nc2ccccc2I)ccc1N. The first-order valence-electron chi connectivity index (χ1n) is 5.61. The van der Waals surface area contributed by atoms with Crippen LogP contribution < -0.4 is 15.8 Å².